The van der Waals surface area contributed by atoms with E-state index in [4.69, 9.17) is 9.15 Å². The molecule has 2 heterocycles. The van der Waals surface area contributed by atoms with Crippen LogP contribution in [0.4, 0.5) is 0 Å². The Bertz CT molecular complexity index is 1190. The number of fused-ring (bicyclic) bond motifs is 1. The molecule has 4 nitrogen and oxygen atoms in total. The number of furan rings is 1. The highest BCUT2D eigenvalue weighted by Gasteiger charge is 2.25. The highest BCUT2D eigenvalue weighted by atomic mass is 16.5. The Hall–Kier alpha value is -3.66. The highest BCUT2D eigenvalue weighted by molar-refractivity contribution is 6.03. The topological polar surface area (TPSA) is 52.3 Å². The largest absolute Gasteiger partial charge is 0.497 e. The molecule has 0 aliphatic heterocycles. The van der Waals surface area contributed by atoms with Crippen molar-refractivity contribution in [3.05, 3.63) is 84.2 Å². The van der Waals surface area contributed by atoms with Crippen molar-refractivity contribution >= 4 is 5.78 Å². The maximum absolute atomic E-state index is 12.2. The number of rotatable bonds is 4. The second-order valence-corrected chi connectivity index (χ2v) is 7.07. The number of pyridine rings is 1. The Balaban J connectivity index is 1.70. The highest BCUT2D eigenvalue weighted by Crippen LogP contribution is 2.42. The molecular weight excluding hydrogens is 362 g/mol. The minimum absolute atomic E-state index is 0.214. The van der Waals surface area contributed by atoms with E-state index in [0.717, 1.165) is 57.1 Å². The van der Waals surface area contributed by atoms with Crippen molar-refractivity contribution in [3.8, 4) is 39.5 Å². The summed E-state index contributed by atoms with van der Waals surface area (Å²) in [5, 5.41) is 0. The van der Waals surface area contributed by atoms with E-state index in [1.54, 1.807) is 19.5 Å². The summed E-state index contributed by atoms with van der Waals surface area (Å²) in [4.78, 5) is 16.4. The molecule has 0 spiro atoms. The Morgan fingerprint density at radius 1 is 0.862 bits per heavy atom. The van der Waals surface area contributed by atoms with Crippen LogP contribution in [0.2, 0.25) is 0 Å². The number of carbonyl (C=O) groups is 1. The maximum atomic E-state index is 12.2. The van der Waals surface area contributed by atoms with Crippen molar-refractivity contribution in [2.24, 2.45) is 0 Å². The van der Waals surface area contributed by atoms with Gasteiger partial charge in [0.05, 0.1) is 7.11 Å². The van der Waals surface area contributed by atoms with Gasteiger partial charge in [-0.2, -0.15) is 0 Å². The number of benzene rings is 2. The molecule has 0 N–H and O–H groups in total. The van der Waals surface area contributed by atoms with E-state index in [1.165, 1.54) is 0 Å². The zero-order valence-corrected chi connectivity index (χ0v) is 16.0. The standard InChI is InChI=1S/C25H19NO3/c1-28-18-7-5-16(6-8-18)24-15-22(25(29-24)17-11-13-26-14-12-17)19-3-2-4-21-20(19)9-10-23(21)27/h2-8,11-15H,9-10H2,1H3. The molecule has 0 atom stereocenters. The van der Waals surface area contributed by atoms with Gasteiger partial charge in [0.1, 0.15) is 17.3 Å². The van der Waals surface area contributed by atoms with Crippen molar-refractivity contribution in [2.75, 3.05) is 7.11 Å². The monoisotopic (exact) mass is 381 g/mol. The van der Waals surface area contributed by atoms with Crippen LogP contribution >= 0.6 is 0 Å². The lowest BCUT2D eigenvalue weighted by Gasteiger charge is -2.08. The number of Topliss-reactive ketones (excluding diaryl/α,β-unsaturated/α-hetero) is 1. The number of aromatic nitrogens is 1. The predicted molar refractivity (Wildman–Crippen MR) is 112 cm³/mol. The number of methoxy groups -OCH3 is 1. The van der Waals surface area contributed by atoms with Gasteiger partial charge in [-0.05, 0) is 60.0 Å². The smallest absolute Gasteiger partial charge is 0.163 e. The predicted octanol–water partition coefficient (Wildman–Crippen LogP) is 5.81. The molecule has 5 rings (SSSR count). The van der Waals surface area contributed by atoms with Gasteiger partial charge in [0.15, 0.2) is 5.78 Å². The maximum Gasteiger partial charge on any atom is 0.163 e. The first-order chi connectivity index (χ1) is 14.2. The molecule has 142 valence electrons. The van der Waals surface area contributed by atoms with Crippen LogP contribution in [0.5, 0.6) is 5.75 Å². The molecule has 4 aromatic rings. The van der Waals surface area contributed by atoms with E-state index in [2.05, 4.69) is 17.1 Å². The first-order valence-corrected chi connectivity index (χ1v) is 9.59. The first kappa shape index (κ1) is 17.4. The summed E-state index contributed by atoms with van der Waals surface area (Å²) in [6, 6.07) is 19.7. The van der Waals surface area contributed by atoms with Crippen LogP contribution in [0.1, 0.15) is 22.3 Å². The third-order valence-corrected chi connectivity index (χ3v) is 5.42. The number of ketones is 1. The van der Waals surface area contributed by atoms with Crippen LogP contribution in [0.25, 0.3) is 33.8 Å². The second-order valence-electron chi connectivity index (χ2n) is 7.07. The summed E-state index contributed by atoms with van der Waals surface area (Å²) in [7, 11) is 1.65. The van der Waals surface area contributed by atoms with Crippen LogP contribution in [0.3, 0.4) is 0 Å². The Labute approximate surface area is 168 Å². The third kappa shape index (κ3) is 3.03. The summed E-state index contributed by atoms with van der Waals surface area (Å²) in [5.74, 6) is 2.57. The van der Waals surface area contributed by atoms with E-state index >= 15 is 0 Å². The van der Waals surface area contributed by atoms with Crippen LogP contribution in [-0.2, 0) is 6.42 Å². The SMILES string of the molecule is COc1ccc(-c2cc(-c3cccc4c3CCC4=O)c(-c3ccncc3)o2)cc1. The molecule has 0 fully saturated rings. The molecule has 0 radical (unpaired) electrons. The molecule has 0 saturated heterocycles. The van der Waals surface area contributed by atoms with Gasteiger partial charge in [0.25, 0.3) is 0 Å². The summed E-state index contributed by atoms with van der Waals surface area (Å²) in [5.41, 5.74) is 5.91. The van der Waals surface area contributed by atoms with Gasteiger partial charge in [-0.3, -0.25) is 9.78 Å². The molecule has 1 aliphatic rings. The van der Waals surface area contributed by atoms with Crippen LogP contribution in [0.15, 0.2) is 77.5 Å². The molecule has 4 heteroatoms. The number of ether oxygens (including phenoxy) is 1. The average Bonchev–Trinajstić information content (AvgIpc) is 3.39. The van der Waals surface area contributed by atoms with Crippen LogP contribution in [-0.4, -0.2) is 17.9 Å². The molecular formula is C25H19NO3. The van der Waals surface area contributed by atoms with Crippen molar-refractivity contribution in [1.82, 2.24) is 4.98 Å². The molecule has 2 aromatic heterocycles. The van der Waals surface area contributed by atoms with E-state index in [9.17, 15) is 4.79 Å². The van der Waals surface area contributed by atoms with E-state index < -0.39 is 0 Å². The Kier molecular flexibility index (Phi) is 4.24. The van der Waals surface area contributed by atoms with Gasteiger partial charge >= 0.3 is 0 Å². The van der Waals surface area contributed by atoms with E-state index in [0.29, 0.717) is 6.42 Å². The number of nitrogens with zero attached hydrogens (tertiary/aromatic N) is 1. The van der Waals surface area contributed by atoms with Crippen molar-refractivity contribution < 1.29 is 13.9 Å². The summed E-state index contributed by atoms with van der Waals surface area (Å²) < 4.78 is 11.6. The lowest BCUT2D eigenvalue weighted by atomic mass is 9.95. The second kappa shape index (κ2) is 7.06. The lowest BCUT2D eigenvalue weighted by molar-refractivity contribution is 0.0994. The van der Waals surface area contributed by atoms with Gasteiger partial charge in [-0.25, -0.2) is 0 Å². The summed E-state index contributed by atoms with van der Waals surface area (Å²) in [6.07, 6.45) is 4.85. The van der Waals surface area contributed by atoms with Gasteiger partial charge < -0.3 is 9.15 Å². The van der Waals surface area contributed by atoms with Crippen molar-refractivity contribution in [3.63, 3.8) is 0 Å². The fraction of sp³-hybridized carbons (Fsp3) is 0.120. The Morgan fingerprint density at radius 2 is 1.62 bits per heavy atom. The molecule has 0 saturated carbocycles. The number of carbonyl (C=O) groups excluding carboxylic acids is 1. The van der Waals surface area contributed by atoms with Gasteiger partial charge in [0.2, 0.25) is 0 Å². The molecule has 0 bridgehead atoms. The van der Waals surface area contributed by atoms with Gasteiger partial charge in [0, 0.05) is 41.1 Å². The van der Waals surface area contributed by atoms with Gasteiger partial charge in [-0.15, -0.1) is 0 Å². The van der Waals surface area contributed by atoms with E-state index in [1.807, 2.05) is 48.5 Å². The molecule has 2 aromatic carbocycles. The van der Waals surface area contributed by atoms with Crippen LogP contribution in [0, 0.1) is 0 Å². The van der Waals surface area contributed by atoms with Crippen molar-refractivity contribution in [1.29, 1.82) is 0 Å². The average molecular weight is 381 g/mol. The number of hydrogen-bond acceptors (Lipinski definition) is 4. The quantitative estimate of drug-likeness (QED) is 0.447. The fourth-order valence-corrected chi connectivity index (χ4v) is 3.95. The zero-order chi connectivity index (χ0) is 19.8. The lowest BCUT2D eigenvalue weighted by Crippen LogP contribution is -1.92. The van der Waals surface area contributed by atoms with Gasteiger partial charge in [-0.1, -0.05) is 18.2 Å². The van der Waals surface area contributed by atoms with Crippen molar-refractivity contribution in [2.45, 2.75) is 12.8 Å². The van der Waals surface area contributed by atoms with Crippen LogP contribution < -0.4 is 4.74 Å². The third-order valence-electron chi connectivity index (χ3n) is 5.42. The molecule has 0 unspecified atom stereocenters. The first-order valence-electron chi connectivity index (χ1n) is 9.59. The van der Waals surface area contributed by atoms with E-state index in [-0.39, 0.29) is 5.78 Å². The minimum Gasteiger partial charge on any atom is -0.497 e. The summed E-state index contributed by atoms with van der Waals surface area (Å²) >= 11 is 0. The summed E-state index contributed by atoms with van der Waals surface area (Å²) in [6.45, 7) is 0. The normalized spacial score (nSPS) is 12.8. The number of hydrogen-bond donors (Lipinski definition) is 0. The fourth-order valence-electron chi connectivity index (χ4n) is 3.95. The minimum atomic E-state index is 0.214. The Morgan fingerprint density at radius 3 is 2.38 bits per heavy atom. The molecule has 29 heavy (non-hydrogen) atoms. The molecule has 1 aliphatic carbocycles. The molecule has 0 amide bonds. The zero-order valence-electron chi connectivity index (χ0n) is 16.0.